The van der Waals surface area contributed by atoms with E-state index in [2.05, 4.69) is 10.6 Å². The molecule has 0 bridgehead atoms. The first-order chi connectivity index (χ1) is 6.74. The SMILES string of the molecule is Cl.N#CCNC(=O)CN1CCNCC1=O. The molecule has 2 N–H and O–H groups in total. The minimum Gasteiger partial charge on any atom is -0.341 e. The molecule has 0 atom stereocenters. The second kappa shape index (κ2) is 7.04. The van der Waals surface area contributed by atoms with E-state index in [0.29, 0.717) is 13.1 Å². The average Bonchev–Trinajstić information content (AvgIpc) is 2.18. The lowest BCUT2D eigenvalue weighted by molar-refractivity contribution is -0.136. The highest BCUT2D eigenvalue weighted by Gasteiger charge is 2.19. The molecule has 84 valence electrons. The zero-order valence-electron chi connectivity index (χ0n) is 8.15. The summed E-state index contributed by atoms with van der Waals surface area (Å²) < 4.78 is 0. The van der Waals surface area contributed by atoms with Crippen molar-refractivity contribution in [2.45, 2.75) is 0 Å². The molecule has 1 heterocycles. The lowest BCUT2D eigenvalue weighted by Crippen LogP contribution is -2.51. The van der Waals surface area contributed by atoms with Crippen LogP contribution in [0.4, 0.5) is 0 Å². The highest BCUT2D eigenvalue weighted by molar-refractivity contribution is 5.86. The molecule has 0 unspecified atom stereocenters. The van der Waals surface area contributed by atoms with Crippen molar-refractivity contribution in [2.75, 3.05) is 32.7 Å². The van der Waals surface area contributed by atoms with Crippen molar-refractivity contribution in [2.24, 2.45) is 0 Å². The highest BCUT2D eigenvalue weighted by Crippen LogP contribution is 1.93. The number of hydrogen-bond donors (Lipinski definition) is 2. The number of nitrogens with one attached hydrogen (secondary N) is 2. The number of carbonyl (C=O) groups excluding carboxylic acids is 2. The fourth-order valence-corrected chi connectivity index (χ4v) is 1.18. The third kappa shape index (κ3) is 4.63. The van der Waals surface area contributed by atoms with E-state index in [0.717, 1.165) is 0 Å². The molecule has 0 aliphatic carbocycles. The van der Waals surface area contributed by atoms with Gasteiger partial charge in [0.05, 0.1) is 19.2 Å². The molecule has 0 saturated carbocycles. The van der Waals surface area contributed by atoms with Gasteiger partial charge in [-0.05, 0) is 0 Å². The normalized spacial score (nSPS) is 15.1. The van der Waals surface area contributed by atoms with Crippen molar-refractivity contribution < 1.29 is 9.59 Å². The molecule has 2 amide bonds. The zero-order valence-corrected chi connectivity index (χ0v) is 8.97. The lowest BCUT2D eigenvalue weighted by atomic mass is 10.3. The maximum absolute atomic E-state index is 11.2. The molecule has 0 radical (unpaired) electrons. The van der Waals surface area contributed by atoms with Gasteiger partial charge in [-0.15, -0.1) is 12.4 Å². The third-order valence-electron chi connectivity index (χ3n) is 1.89. The average molecular weight is 233 g/mol. The predicted octanol–water partition coefficient (Wildman–Crippen LogP) is -1.52. The molecule has 0 aromatic heterocycles. The Morgan fingerprint density at radius 3 is 3.00 bits per heavy atom. The molecule has 1 rings (SSSR count). The summed E-state index contributed by atoms with van der Waals surface area (Å²) in [5.74, 6) is -0.370. The molecule has 1 fully saturated rings. The number of rotatable bonds is 3. The Labute approximate surface area is 94.0 Å². The molecular weight excluding hydrogens is 220 g/mol. The third-order valence-corrected chi connectivity index (χ3v) is 1.89. The van der Waals surface area contributed by atoms with Crippen LogP contribution in [0.25, 0.3) is 0 Å². The first-order valence-corrected chi connectivity index (χ1v) is 4.36. The van der Waals surface area contributed by atoms with Crippen molar-refractivity contribution in [3.8, 4) is 6.07 Å². The molecular formula is C8H13ClN4O2. The lowest BCUT2D eigenvalue weighted by Gasteiger charge is -2.26. The van der Waals surface area contributed by atoms with Gasteiger partial charge in [-0.2, -0.15) is 5.26 Å². The first kappa shape index (κ1) is 13.7. The van der Waals surface area contributed by atoms with Gasteiger partial charge in [0.25, 0.3) is 0 Å². The van der Waals surface area contributed by atoms with Gasteiger partial charge >= 0.3 is 0 Å². The molecule has 0 aromatic carbocycles. The molecule has 1 aliphatic heterocycles. The summed E-state index contributed by atoms with van der Waals surface area (Å²) in [5, 5.41) is 13.5. The molecule has 0 aromatic rings. The van der Waals surface area contributed by atoms with Crippen LogP contribution in [0.3, 0.4) is 0 Å². The number of carbonyl (C=O) groups is 2. The van der Waals surface area contributed by atoms with E-state index >= 15 is 0 Å². The Hall–Kier alpha value is -1.32. The van der Waals surface area contributed by atoms with Crippen molar-refractivity contribution in [3.63, 3.8) is 0 Å². The number of nitrogens with zero attached hydrogens (tertiary/aromatic N) is 2. The standard InChI is InChI=1S/C8H12N4O2.ClH/c9-1-2-11-7(13)6-12-4-3-10-5-8(12)14;/h10H,2-6H2,(H,11,13);1H. The van der Waals surface area contributed by atoms with Crippen LogP contribution >= 0.6 is 12.4 Å². The summed E-state index contributed by atoms with van der Waals surface area (Å²) in [6, 6.07) is 1.80. The van der Waals surface area contributed by atoms with Gasteiger partial charge in [-0.1, -0.05) is 0 Å². The summed E-state index contributed by atoms with van der Waals surface area (Å²) in [5.41, 5.74) is 0. The number of piperazine rings is 1. The first-order valence-electron chi connectivity index (χ1n) is 4.36. The maximum atomic E-state index is 11.2. The molecule has 0 spiro atoms. The molecule has 15 heavy (non-hydrogen) atoms. The second-order valence-electron chi connectivity index (χ2n) is 2.93. The summed E-state index contributed by atoms with van der Waals surface area (Å²) in [7, 11) is 0. The van der Waals surface area contributed by atoms with Gasteiger partial charge < -0.3 is 15.5 Å². The Morgan fingerprint density at radius 2 is 2.40 bits per heavy atom. The molecule has 1 saturated heterocycles. The van der Waals surface area contributed by atoms with E-state index in [-0.39, 0.29) is 43.9 Å². The van der Waals surface area contributed by atoms with Crippen molar-refractivity contribution in [1.29, 1.82) is 5.26 Å². The summed E-state index contributed by atoms with van der Waals surface area (Å²) >= 11 is 0. The van der Waals surface area contributed by atoms with Crippen molar-refractivity contribution >= 4 is 24.2 Å². The van der Waals surface area contributed by atoms with Crippen LogP contribution in [-0.4, -0.2) is 49.4 Å². The van der Waals surface area contributed by atoms with Crippen molar-refractivity contribution in [1.82, 2.24) is 15.5 Å². The molecule has 6 nitrogen and oxygen atoms in total. The van der Waals surface area contributed by atoms with E-state index in [4.69, 9.17) is 5.26 Å². The van der Waals surface area contributed by atoms with E-state index in [9.17, 15) is 9.59 Å². The van der Waals surface area contributed by atoms with Crippen LogP contribution in [-0.2, 0) is 9.59 Å². The number of hydrogen-bond acceptors (Lipinski definition) is 4. The van der Waals surface area contributed by atoms with Gasteiger partial charge in [0, 0.05) is 13.1 Å². The van der Waals surface area contributed by atoms with Crippen LogP contribution in [0, 0.1) is 11.3 Å². The zero-order chi connectivity index (χ0) is 10.4. The predicted molar refractivity (Wildman–Crippen MR) is 55.3 cm³/mol. The molecule has 1 aliphatic rings. The van der Waals surface area contributed by atoms with Gasteiger partial charge in [0.2, 0.25) is 11.8 Å². The summed E-state index contributed by atoms with van der Waals surface area (Å²) in [6.45, 7) is 1.56. The number of halogens is 1. The minimum absolute atomic E-state index is 0. The topological polar surface area (TPSA) is 85.2 Å². The van der Waals surface area contributed by atoms with E-state index in [1.165, 1.54) is 4.90 Å². The minimum atomic E-state index is -0.290. The largest absolute Gasteiger partial charge is 0.341 e. The number of amides is 2. The van der Waals surface area contributed by atoms with Gasteiger partial charge in [0.1, 0.15) is 6.54 Å². The highest BCUT2D eigenvalue weighted by atomic mass is 35.5. The van der Waals surface area contributed by atoms with Crippen LogP contribution in [0.1, 0.15) is 0 Å². The maximum Gasteiger partial charge on any atom is 0.240 e. The Bertz CT molecular complexity index is 276. The van der Waals surface area contributed by atoms with Gasteiger partial charge in [-0.3, -0.25) is 9.59 Å². The monoisotopic (exact) mass is 232 g/mol. The van der Waals surface area contributed by atoms with Gasteiger partial charge in [-0.25, -0.2) is 0 Å². The van der Waals surface area contributed by atoms with Gasteiger partial charge in [0.15, 0.2) is 0 Å². The Kier molecular flexibility index (Phi) is 6.42. The number of nitriles is 1. The summed E-state index contributed by atoms with van der Waals surface area (Å²) in [6.07, 6.45) is 0. The second-order valence-corrected chi connectivity index (χ2v) is 2.93. The van der Waals surface area contributed by atoms with Crippen LogP contribution in [0.15, 0.2) is 0 Å². The quantitative estimate of drug-likeness (QED) is 0.579. The van der Waals surface area contributed by atoms with E-state index in [1.54, 1.807) is 6.07 Å². The van der Waals surface area contributed by atoms with E-state index in [1.807, 2.05) is 0 Å². The smallest absolute Gasteiger partial charge is 0.240 e. The van der Waals surface area contributed by atoms with Crippen molar-refractivity contribution in [3.05, 3.63) is 0 Å². The van der Waals surface area contributed by atoms with Crippen LogP contribution < -0.4 is 10.6 Å². The van der Waals surface area contributed by atoms with E-state index < -0.39 is 0 Å². The fraction of sp³-hybridized carbons (Fsp3) is 0.625. The fourth-order valence-electron chi connectivity index (χ4n) is 1.18. The van der Waals surface area contributed by atoms with Crippen LogP contribution in [0.2, 0.25) is 0 Å². The molecule has 7 heteroatoms. The van der Waals surface area contributed by atoms with Crippen LogP contribution in [0.5, 0.6) is 0 Å². The Balaban J connectivity index is 0.00000196. The Morgan fingerprint density at radius 1 is 1.67 bits per heavy atom. The summed E-state index contributed by atoms with van der Waals surface area (Å²) in [4.78, 5) is 23.8.